The molecule has 0 radical (unpaired) electrons. The zero-order valence-corrected chi connectivity index (χ0v) is 27.7. The Bertz CT molecular complexity index is 1330. The molecule has 1 N–H and O–H groups in total. The fraction of sp³-hybridized carbons (Fsp3) is 0.567. The summed E-state index contributed by atoms with van der Waals surface area (Å²) in [6.07, 6.45) is 3.58. The number of hydrogen-bond acceptors (Lipinski definition) is 6. The van der Waals surface area contributed by atoms with Gasteiger partial charge in [-0.15, -0.1) is 0 Å². The van der Waals surface area contributed by atoms with Gasteiger partial charge in [0, 0.05) is 18.2 Å². The van der Waals surface area contributed by atoms with Gasteiger partial charge in [-0.05, 0) is 54.5 Å². The molecule has 3 aromatic rings. The molecule has 3 heterocycles. The maximum absolute atomic E-state index is 12.8. The number of fused-ring (bicyclic) bond motifs is 1. The Hall–Kier alpha value is -2.38. The van der Waals surface area contributed by atoms with Gasteiger partial charge in [0.25, 0.3) is 5.91 Å². The van der Waals surface area contributed by atoms with Crippen LogP contribution in [-0.4, -0.2) is 55.9 Å². The lowest BCUT2D eigenvalue weighted by Gasteiger charge is -2.40. The second-order valence-electron chi connectivity index (χ2n) is 13.9. The number of hydrogen-bond donors (Lipinski definition) is 1. The number of benzene rings is 1. The highest BCUT2D eigenvalue weighted by molar-refractivity contribution is 6.74. The van der Waals surface area contributed by atoms with E-state index in [4.69, 9.17) is 13.6 Å². The standard InChI is InChI=1S/C30H46N4O4Si2/c1-29(2,3)39(7,8)36-19-24-23(38-40(9,10)30(4,5)6)18-25(37-24)34-17-16-22-26(31-20-32-27(22)34)33-28(35)21-14-12-11-13-15-21/h11-17,20,23-25H,18-19H2,1-10H3,(H,31,32,33,35)/t23?,24-,25-/m1/s1. The van der Waals surface area contributed by atoms with Crippen molar-refractivity contribution >= 4 is 39.4 Å². The molecule has 0 saturated carbocycles. The summed E-state index contributed by atoms with van der Waals surface area (Å²) in [6, 6.07) is 11.0. The third kappa shape index (κ3) is 6.41. The lowest BCUT2D eigenvalue weighted by atomic mass is 10.2. The Balaban J connectivity index is 1.60. The second-order valence-corrected chi connectivity index (χ2v) is 23.4. The van der Waals surface area contributed by atoms with Crippen LogP contribution < -0.4 is 5.32 Å². The number of carbonyl (C=O) groups excluding carboxylic acids is 1. The molecule has 0 aliphatic carbocycles. The van der Waals surface area contributed by atoms with E-state index in [2.05, 4.69) is 83.0 Å². The van der Waals surface area contributed by atoms with Crippen LogP contribution in [0.2, 0.25) is 36.3 Å². The quantitative estimate of drug-likeness (QED) is 0.279. The van der Waals surface area contributed by atoms with Gasteiger partial charge in [-0.3, -0.25) is 4.79 Å². The summed E-state index contributed by atoms with van der Waals surface area (Å²) < 4.78 is 22.3. The van der Waals surface area contributed by atoms with Crippen molar-refractivity contribution in [1.29, 1.82) is 0 Å². The van der Waals surface area contributed by atoms with Crippen LogP contribution >= 0.6 is 0 Å². The van der Waals surface area contributed by atoms with Gasteiger partial charge in [-0.1, -0.05) is 59.7 Å². The van der Waals surface area contributed by atoms with Gasteiger partial charge >= 0.3 is 0 Å². The van der Waals surface area contributed by atoms with E-state index in [1.807, 2.05) is 35.0 Å². The van der Waals surface area contributed by atoms with Crippen LogP contribution in [0.1, 0.15) is 64.5 Å². The molecule has 1 saturated heterocycles. The Morgan fingerprint density at radius 3 is 2.27 bits per heavy atom. The SMILES string of the molecule is CC(C)(C)[Si](C)(C)OC[C@H]1O[C@@H](n2ccc3c(NC(=O)c4ccccc4)ncnc32)CC1O[Si](C)(C)C(C)(C)C. The first-order valence-electron chi connectivity index (χ1n) is 14.2. The minimum Gasteiger partial charge on any atom is -0.414 e. The van der Waals surface area contributed by atoms with E-state index in [0.29, 0.717) is 30.1 Å². The van der Waals surface area contributed by atoms with Crippen molar-refractivity contribution in [2.24, 2.45) is 0 Å². The first-order chi connectivity index (χ1) is 18.5. The molecule has 1 aliphatic heterocycles. The van der Waals surface area contributed by atoms with Gasteiger partial charge in [0.15, 0.2) is 16.6 Å². The van der Waals surface area contributed by atoms with Crippen molar-refractivity contribution in [3.63, 3.8) is 0 Å². The number of aromatic nitrogens is 3. The van der Waals surface area contributed by atoms with Crippen molar-refractivity contribution < 1.29 is 18.4 Å². The zero-order chi connectivity index (χ0) is 29.5. The van der Waals surface area contributed by atoms with Crippen molar-refractivity contribution in [2.75, 3.05) is 11.9 Å². The number of ether oxygens (including phenoxy) is 1. The Morgan fingerprint density at radius 2 is 1.65 bits per heavy atom. The zero-order valence-electron chi connectivity index (χ0n) is 25.7. The molecule has 0 bridgehead atoms. The van der Waals surface area contributed by atoms with Gasteiger partial charge in [-0.25, -0.2) is 9.97 Å². The van der Waals surface area contributed by atoms with Crippen molar-refractivity contribution in [3.8, 4) is 0 Å². The minimum atomic E-state index is -2.06. The first kappa shape index (κ1) is 30.6. The number of carbonyl (C=O) groups is 1. The van der Waals surface area contributed by atoms with E-state index in [1.54, 1.807) is 12.1 Å². The fourth-order valence-electron chi connectivity index (χ4n) is 4.28. The van der Waals surface area contributed by atoms with E-state index in [9.17, 15) is 4.79 Å². The number of nitrogens with one attached hydrogen (secondary N) is 1. The molecule has 8 nitrogen and oxygen atoms in total. The van der Waals surface area contributed by atoms with Crippen molar-refractivity contribution in [1.82, 2.24) is 14.5 Å². The summed E-state index contributed by atoms with van der Waals surface area (Å²) in [4.78, 5) is 21.8. The van der Waals surface area contributed by atoms with Crippen molar-refractivity contribution in [2.45, 2.75) is 103 Å². The van der Waals surface area contributed by atoms with Gasteiger partial charge < -0.3 is 23.5 Å². The normalized spacial score (nSPS) is 20.7. The highest BCUT2D eigenvalue weighted by atomic mass is 28.4. The third-order valence-electron chi connectivity index (χ3n) is 8.93. The molecule has 10 heteroatoms. The summed E-state index contributed by atoms with van der Waals surface area (Å²) in [5.41, 5.74) is 1.28. The van der Waals surface area contributed by atoms with Crippen molar-refractivity contribution in [3.05, 3.63) is 54.5 Å². The van der Waals surface area contributed by atoms with Gasteiger partial charge in [0.1, 0.15) is 30.1 Å². The molecular formula is C30H46N4O4Si2. The summed E-state index contributed by atoms with van der Waals surface area (Å²) >= 11 is 0. The van der Waals surface area contributed by atoms with Crippen LogP contribution in [0.25, 0.3) is 11.0 Å². The average Bonchev–Trinajstić information content (AvgIpc) is 3.46. The monoisotopic (exact) mass is 582 g/mol. The first-order valence-corrected chi connectivity index (χ1v) is 20.0. The fourth-order valence-corrected chi connectivity index (χ4v) is 6.65. The van der Waals surface area contributed by atoms with Crippen LogP contribution in [0.4, 0.5) is 5.82 Å². The molecule has 1 aliphatic rings. The molecule has 4 rings (SSSR count). The lowest BCUT2D eigenvalue weighted by Crippen LogP contribution is -2.48. The average molecular weight is 583 g/mol. The molecule has 2 aromatic heterocycles. The predicted molar refractivity (Wildman–Crippen MR) is 166 cm³/mol. The summed E-state index contributed by atoms with van der Waals surface area (Å²) in [7, 11) is -4.03. The second kappa shape index (κ2) is 11.1. The lowest BCUT2D eigenvalue weighted by molar-refractivity contribution is -0.0382. The topological polar surface area (TPSA) is 87.5 Å². The largest absolute Gasteiger partial charge is 0.414 e. The van der Waals surface area contributed by atoms with E-state index >= 15 is 0 Å². The van der Waals surface area contributed by atoms with Gasteiger partial charge in [0.2, 0.25) is 0 Å². The Labute approximate surface area is 241 Å². The van der Waals surface area contributed by atoms with Gasteiger partial charge in [0.05, 0.1) is 18.1 Å². The Morgan fingerprint density at radius 1 is 1.00 bits per heavy atom. The van der Waals surface area contributed by atoms with E-state index in [1.165, 1.54) is 6.33 Å². The van der Waals surface area contributed by atoms with Gasteiger partial charge in [-0.2, -0.15) is 0 Å². The smallest absolute Gasteiger partial charge is 0.256 e. The Kier molecular flexibility index (Phi) is 8.51. The van der Waals surface area contributed by atoms with Crippen LogP contribution in [-0.2, 0) is 13.6 Å². The molecule has 1 amide bonds. The maximum atomic E-state index is 12.8. The van der Waals surface area contributed by atoms with Crippen LogP contribution in [0.15, 0.2) is 48.9 Å². The molecule has 40 heavy (non-hydrogen) atoms. The van der Waals surface area contributed by atoms with Crippen LogP contribution in [0.5, 0.6) is 0 Å². The molecule has 1 aromatic carbocycles. The summed E-state index contributed by atoms with van der Waals surface area (Å²) in [5, 5.41) is 3.89. The molecule has 3 atom stereocenters. The van der Waals surface area contributed by atoms with E-state index < -0.39 is 16.6 Å². The predicted octanol–water partition coefficient (Wildman–Crippen LogP) is 7.38. The molecule has 218 valence electrons. The number of anilines is 1. The van der Waals surface area contributed by atoms with E-state index in [-0.39, 0.29) is 34.4 Å². The number of amides is 1. The highest BCUT2D eigenvalue weighted by Gasteiger charge is 2.46. The summed E-state index contributed by atoms with van der Waals surface area (Å²) in [5.74, 6) is 0.263. The number of rotatable bonds is 8. The van der Waals surface area contributed by atoms with Crippen LogP contribution in [0.3, 0.4) is 0 Å². The van der Waals surface area contributed by atoms with Crippen LogP contribution in [0, 0.1) is 0 Å². The molecule has 1 unspecified atom stereocenters. The third-order valence-corrected chi connectivity index (χ3v) is 17.9. The minimum absolute atomic E-state index is 0.0785. The van der Waals surface area contributed by atoms with E-state index in [0.717, 1.165) is 5.39 Å². The molecule has 1 fully saturated rings. The highest BCUT2D eigenvalue weighted by Crippen LogP contribution is 2.43. The number of nitrogens with zero attached hydrogens (tertiary/aromatic N) is 3. The maximum Gasteiger partial charge on any atom is 0.256 e. The molecule has 0 spiro atoms. The molecular weight excluding hydrogens is 537 g/mol. The summed E-state index contributed by atoms with van der Waals surface area (Å²) in [6.45, 7) is 23.1.